The van der Waals surface area contributed by atoms with Crippen LogP contribution in [0.2, 0.25) is 0 Å². The minimum atomic E-state index is 0.686. The summed E-state index contributed by atoms with van der Waals surface area (Å²) in [6.07, 6.45) is 0.910. The Labute approximate surface area is 114 Å². The van der Waals surface area contributed by atoms with Crippen LogP contribution in [0.5, 0.6) is 5.75 Å². The van der Waals surface area contributed by atoms with Gasteiger partial charge in [-0.2, -0.15) is 11.8 Å². The van der Waals surface area contributed by atoms with Gasteiger partial charge in [0.05, 0.1) is 6.61 Å². The molecule has 0 atom stereocenters. The van der Waals surface area contributed by atoms with Crippen LogP contribution in [0, 0.1) is 0 Å². The van der Waals surface area contributed by atoms with Crippen LogP contribution in [-0.4, -0.2) is 42.6 Å². The molecule has 100 valence electrons. The fraction of sp³-hybridized carbons (Fsp3) is 0.571. The summed E-state index contributed by atoms with van der Waals surface area (Å²) in [6, 6.07) is 8.42. The van der Waals surface area contributed by atoms with E-state index >= 15 is 0 Å². The maximum atomic E-state index is 5.67. The first kappa shape index (κ1) is 13.7. The molecule has 1 aliphatic heterocycles. The van der Waals surface area contributed by atoms with E-state index in [0.717, 1.165) is 18.7 Å². The van der Waals surface area contributed by atoms with E-state index in [4.69, 9.17) is 10.5 Å². The molecule has 0 aromatic heterocycles. The first-order valence-corrected chi connectivity index (χ1v) is 7.76. The van der Waals surface area contributed by atoms with Gasteiger partial charge in [0, 0.05) is 31.1 Å². The molecule has 2 rings (SSSR count). The van der Waals surface area contributed by atoms with Crippen molar-refractivity contribution in [3.8, 4) is 5.75 Å². The van der Waals surface area contributed by atoms with Crippen molar-refractivity contribution in [1.29, 1.82) is 0 Å². The molecule has 18 heavy (non-hydrogen) atoms. The molecule has 1 aliphatic rings. The van der Waals surface area contributed by atoms with E-state index < -0.39 is 0 Å². The summed E-state index contributed by atoms with van der Waals surface area (Å²) >= 11 is 2.05. The zero-order chi connectivity index (χ0) is 12.6. The molecule has 0 radical (unpaired) electrons. The Hall–Kier alpha value is -0.710. The van der Waals surface area contributed by atoms with Crippen LogP contribution in [0.25, 0.3) is 0 Å². The molecule has 0 saturated carbocycles. The minimum Gasteiger partial charge on any atom is -0.494 e. The van der Waals surface area contributed by atoms with Crippen LogP contribution >= 0.6 is 11.8 Å². The highest BCUT2D eigenvalue weighted by atomic mass is 32.2. The van der Waals surface area contributed by atoms with E-state index in [-0.39, 0.29) is 0 Å². The lowest BCUT2D eigenvalue weighted by molar-refractivity contribution is 0.291. The van der Waals surface area contributed by atoms with Gasteiger partial charge in [-0.1, -0.05) is 12.1 Å². The van der Waals surface area contributed by atoms with Gasteiger partial charge in [-0.3, -0.25) is 4.90 Å². The quantitative estimate of drug-likeness (QED) is 0.799. The summed E-state index contributed by atoms with van der Waals surface area (Å²) in [7, 11) is 0. The van der Waals surface area contributed by atoms with Crippen molar-refractivity contribution >= 4 is 11.8 Å². The van der Waals surface area contributed by atoms with Crippen LogP contribution in [0.3, 0.4) is 0 Å². The largest absolute Gasteiger partial charge is 0.494 e. The van der Waals surface area contributed by atoms with Gasteiger partial charge in [-0.25, -0.2) is 0 Å². The second kappa shape index (κ2) is 7.67. The Morgan fingerprint density at radius 2 is 2.11 bits per heavy atom. The topological polar surface area (TPSA) is 38.5 Å². The zero-order valence-corrected chi connectivity index (χ0v) is 11.6. The number of thioether (sulfide) groups is 1. The first-order valence-electron chi connectivity index (χ1n) is 6.60. The SMILES string of the molecule is NCCCOc1cccc(CN2CCSCC2)c1. The molecular weight excluding hydrogens is 244 g/mol. The molecule has 0 aliphatic carbocycles. The van der Waals surface area contributed by atoms with Gasteiger partial charge in [0.2, 0.25) is 0 Å². The molecule has 0 amide bonds. The van der Waals surface area contributed by atoms with Crippen molar-refractivity contribution in [2.24, 2.45) is 5.73 Å². The Balaban J connectivity index is 1.85. The van der Waals surface area contributed by atoms with Crippen LogP contribution in [0.15, 0.2) is 24.3 Å². The van der Waals surface area contributed by atoms with Crippen LogP contribution in [0.1, 0.15) is 12.0 Å². The molecular formula is C14H22N2OS. The summed E-state index contributed by atoms with van der Waals surface area (Å²) in [6.45, 7) is 4.83. The lowest BCUT2D eigenvalue weighted by Crippen LogP contribution is -2.31. The Morgan fingerprint density at radius 3 is 2.89 bits per heavy atom. The maximum absolute atomic E-state index is 5.67. The average molecular weight is 266 g/mol. The van der Waals surface area contributed by atoms with E-state index in [1.54, 1.807) is 0 Å². The van der Waals surface area contributed by atoms with E-state index in [2.05, 4.69) is 23.1 Å². The standard InChI is InChI=1S/C14H22N2OS/c15-5-2-8-17-14-4-1-3-13(11-14)12-16-6-9-18-10-7-16/h1,3-4,11H,2,5-10,12,15H2. The van der Waals surface area contributed by atoms with E-state index in [0.29, 0.717) is 13.2 Å². The summed E-state index contributed by atoms with van der Waals surface area (Å²) < 4.78 is 5.67. The smallest absolute Gasteiger partial charge is 0.119 e. The van der Waals surface area contributed by atoms with Crippen LogP contribution in [-0.2, 0) is 6.54 Å². The minimum absolute atomic E-state index is 0.686. The maximum Gasteiger partial charge on any atom is 0.119 e. The number of nitrogens with zero attached hydrogens (tertiary/aromatic N) is 1. The Morgan fingerprint density at radius 1 is 1.28 bits per heavy atom. The van der Waals surface area contributed by atoms with Crippen molar-refractivity contribution in [2.45, 2.75) is 13.0 Å². The predicted octanol–water partition coefficient (Wildman–Crippen LogP) is 1.96. The summed E-state index contributed by atoms with van der Waals surface area (Å²) in [5.74, 6) is 3.48. The van der Waals surface area contributed by atoms with Gasteiger partial charge in [0.25, 0.3) is 0 Å². The van der Waals surface area contributed by atoms with Crippen molar-refractivity contribution in [3.05, 3.63) is 29.8 Å². The second-order valence-electron chi connectivity index (χ2n) is 4.53. The summed E-state index contributed by atoms with van der Waals surface area (Å²) in [4.78, 5) is 2.51. The number of ether oxygens (including phenoxy) is 1. The highest BCUT2D eigenvalue weighted by Crippen LogP contribution is 2.17. The number of hydrogen-bond donors (Lipinski definition) is 1. The molecule has 1 heterocycles. The molecule has 1 fully saturated rings. The first-order chi connectivity index (χ1) is 8.88. The van der Waals surface area contributed by atoms with Gasteiger partial charge >= 0.3 is 0 Å². The van der Waals surface area contributed by atoms with Gasteiger partial charge in [-0.15, -0.1) is 0 Å². The Bertz CT molecular complexity index is 353. The fourth-order valence-corrected chi connectivity index (χ4v) is 3.00. The number of benzene rings is 1. The fourth-order valence-electron chi connectivity index (χ4n) is 2.02. The Kier molecular flexibility index (Phi) is 5.84. The highest BCUT2D eigenvalue weighted by Gasteiger charge is 2.10. The molecule has 1 aromatic carbocycles. The molecule has 1 aromatic rings. The monoisotopic (exact) mass is 266 g/mol. The third-order valence-electron chi connectivity index (χ3n) is 3.03. The highest BCUT2D eigenvalue weighted by molar-refractivity contribution is 7.99. The third kappa shape index (κ3) is 4.52. The molecule has 0 unspecified atom stereocenters. The average Bonchev–Trinajstić information content (AvgIpc) is 2.41. The number of rotatable bonds is 6. The van der Waals surface area contributed by atoms with Crippen LogP contribution in [0.4, 0.5) is 0 Å². The number of hydrogen-bond acceptors (Lipinski definition) is 4. The van der Waals surface area contributed by atoms with Gasteiger partial charge in [0.1, 0.15) is 5.75 Å². The summed E-state index contributed by atoms with van der Waals surface area (Å²) in [5.41, 5.74) is 6.80. The second-order valence-corrected chi connectivity index (χ2v) is 5.75. The third-order valence-corrected chi connectivity index (χ3v) is 3.97. The van der Waals surface area contributed by atoms with Gasteiger partial charge in [0.15, 0.2) is 0 Å². The van der Waals surface area contributed by atoms with Crippen molar-refractivity contribution < 1.29 is 4.74 Å². The molecule has 0 spiro atoms. The van der Waals surface area contributed by atoms with Crippen molar-refractivity contribution in [3.63, 3.8) is 0 Å². The lowest BCUT2D eigenvalue weighted by Gasteiger charge is -2.26. The predicted molar refractivity (Wildman–Crippen MR) is 78.2 cm³/mol. The zero-order valence-electron chi connectivity index (χ0n) is 10.8. The number of nitrogens with two attached hydrogens (primary N) is 1. The van der Waals surface area contributed by atoms with E-state index in [9.17, 15) is 0 Å². The van der Waals surface area contributed by atoms with E-state index in [1.165, 1.54) is 30.2 Å². The molecule has 2 N–H and O–H groups in total. The summed E-state index contributed by atoms with van der Waals surface area (Å²) in [5, 5.41) is 0. The normalized spacial score (nSPS) is 16.7. The molecule has 0 bridgehead atoms. The van der Waals surface area contributed by atoms with Crippen LogP contribution < -0.4 is 10.5 Å². The molecule has 3 nitrogen and oxygen atoms in total. The van der Waals surface area contributed by atoms with Gasteiger partial charge < -0.3 is 10.5 Å². The molecule has 4 heteroatoms. The molecule has 1 saturated heterocycles. The van der Waals surface area contributed by atoms with E-state index in [1.807, 2.05) is 17.8 Å². The van der Waals surface area contributed by atoms with Gasteiger partial charge in [-0.05, 0) is 30.7 Å². The van der Waals surface area contributed by atoms with Crippen molar-refractivity contribution in [2.75, 3.05) is 37.7 Å². The lowest BCUT2D eigenvalue weighted by atomic mass is 10.2. The van der Waals surface area contributed by atoms with Crippen molar-refractivity contribution in [1.82, 2.24) is 4.90 Å².